The summed E-state index contributed by atoms with van der Waals surface area (Å²) in [4.78, 5) is 6.67. The van der Waals surface area contributed by atoms with Crippen LogP contribution in [0.25, 0.3) is 0 Å². The molecule has 3 nitrogen and oxygen atoms in total. The predicted molar refractivity (Wildman–Crippen MR) is 33.4 cm³/mol. The molecule has 4 heteroatoms. The molecule has 0 saturated heterocycles. The molecule has 0 aliphatic carbocycles. The number of hydrogen-bond acceptors (Lipinski definition) is 0. The van der Waals surface area contributed by atoms with Crippen molar-refractivity contribution in [2.45, 2.75) is 0 Å². The third-order valence-electron chi connectivity index (χ3n) is 0.424. The summed E-state index contributed by atoms with van der Waals surface area (Å²) in [5.74, 6) is 0.222. The quantitative estimate of drug-likeness (QED) is 0.209. The van der Waals surface area contributed by atoms with E-state index in [4.69, 9.17) is 0 Å². The van der Waals surface area contributed by atoms with Crippen molar-refractivity contribution in [3.8, 4) is 0 Å². The number of nitrogens with zero attached hydrogens (tertiary/aromatic N) is 3. The fourth-order valence-electron chi connectivity index (χ4n) is 0.150. The first-order chi connectivity index (χ1) is 3.35. The van der Waals surface area contributed by atoms with Gasteiger partial charge in [-0.2, -0.15) is 0 Å². The van der Waals surface area contributed by atoms with E-state index < -0.39 is 0 Å². The van der Waals surface area contributed by atoms with Crippen LogP contribution < -0.4 is 21.6 Å². The SMILES string of the molecule is C=NC(N=C)=[N+]=C.[Br-]. The molecular formula is C4H6BrN3. The minimum Gasteiger partial charge on any atom is -1.00 e. The van der Waals surface area contributed by atoms with Crippen LogP contribution in [-0.2, 0) is 0 Å². The van der Waals surface area contributed by atoms with Crippen LogP contribution in [0, 0.1) is 0 Å². The Kier molecular flexibility index (Phi) is 8.07. The van der Waals surface area contributed by atoms with Crippen molar-refractivity contribution in [2.24, 2.45) is 9.98 Å². The van der Waals surface area contributed by atoms with Gasteiger partial charge in [0, 0.05) is 0 Å². The fraction of sp³-hybridized carbons (Fsp3) is 0. The molecule has 0 aromatic heterocycles. The van der Waals surface area contributed by atoms with Crippen molar-refractivity contribution in [3.63, 3.8) is 0 Å². The highest BCUT2D eigenvalue weighted by atomic mass is 79.9. The van der Waals surface area contributed by atoms with Crippen molar-refractivity contribution < 1.29 is 17.0 Å². The molecule has 0 bridgehead atoms. The Morgan fingerprint density at radius 2 is 1.62 bits per heavy atom. The molecule has 0 unspecified atom stereocenters. The Hall–Kier alpha value is -0.730. The average molecular weight is 176 g/mol. The predicted octanol–water partition coefficient (Wildman–Crippen LogP) is -3.48. The van der Waals surface area contributed by atoms with Crippen LogP contribution in [0.15, 0.2) is 9.98 Å². The minimum absolute atomic E-state index is 0. The summed E-state index contributed by atoms with van der Waals surface area (Å²) in [6.07, 6.45) is 0. The van der Waals surface area contributed by atoms with E-state index in [1.807, 2.05) is 0 Å². The molecule has 0 amide bonds. The smallest absolute Gasteiger partial charge is 0.519 e. The first-order valence-electron chi connectivity index (χ1n) is 1.62. The molecule has 0 N–H and O–H groups in total. The van der Waals surface area contributed by atoms with Crippen molar-refractivity contribution in [3.05, 3.63) is 0 Å². The summed E-state index contributed by atoms with van der Waals surface area (Å²) < 4.78 is 3.33. The van der Waals surface area contributed by atoms with Crippen LogP contribution in [0.5, 0.6) is 0 Å². The second-order valence-corrected chi connectivity index (χ2v) is 0.774. The monoisotopic (exact) mass is 175 g/mol. The Morgan fingerprint density at radius 3 is 1.62 bits per heavy atom. The van der Waals surface area contributed by atoms with Gasteiger partial charge in [-0.25, -0.2) is 4.67 Å². The van der Waals surface area contributed by atoms with Crippen molar-refractivity contribution in [2.75, 3.05) is 0 Å². The van der Waals surface area contributed by atoms with E-state index in [0.29, 0.717) is 0 Å². The summed E-state index contributed by atoms with van der Waals surface area (Å²) in [5.41, 5.74) is 0. The largest absolute Gasteiger partial charge is 1.00 e. The van der Waals surface area contributed by atoms with Gasteiger partial charge in [-0.3, -0.25) is 0 Å². The van der Waals surface area contributed by atoms with E-state index in [-0.39, 0.29) is 22.9 Å². The number of rotatable bonds is 0. The Bertz CT molecular complexity index is 124. The van der Waals surface area contributed by atoms with E-state index >= 15 is 0 Å². The molecule has 0 saturated carbocycles. The topological polar surface area (TPSA) is 38.8 Å². The average Bonchev–Trinajstić information content (AvgIpc) is 1.72. The van der Waals surface area contributed by atoms with E-state index in [1.54, 1.807) is 0 Å². The molecule has 44 valence electrons. The van der Waals surface area contributed by atoms with Crippen LogP contribution in [0.1, 0.15) is 0 Å². The zero-order chi connectivity index (χ0) is 5.70. The van der Waals surface area contributed by atoms with Crippen LogP contribution in [-0.4, -0.2) is 26.1 Å². The summed E-state index contributed by atoms with van der Waals surface area (Å²) in [7, 11) is 0. The number of guanidine groups is 1. The van der Waals surface area contributed by atoms with Crippen molar-refractivity contribution in [1.82, 2.24) is 4.67 Å². The molecular weight excluding hydrogens is 170 g/mol. The molecule has 0 atom stereocenters. The molecule has 0 radical (unpaired) electrons. The third kappa shape index (κ3) is 3.46. The van der Waals surface area contributed by atoms with Gasteiger partial charge in [-0.05, 0) is 0 Å². The van der Waals surface area contributed by atoms with Gasteiger partial charge in [0.05, 0.1) is 13.4 Å². The molecule has 0 aliphatic heterocycles. The van der Waals surface area contributed by atoms with Crippen LogP contribution >= 0.6 is 0 Å². The lowest BCUT2D eigenvalue weighted by Crippen LogP contribution is -3.00. The molecule has 0 aromatic rings. The summed E-state index contributed by atoms with van der Waals surface area (Å²) >= 11 is 0. The Balaban J connectivity index is 0. The Morgan fingerprint density at radius 1 is 1.25 bits per heavy atom. The molecule has 0 heterocycles. The normalized spacial score (nSPS) is 5.50. The van der Waals surface area contributed by atoms with Crippen molar-refractivity contribution >= 4 is 26.1 Å². The van der Waals surface area contributed by atoms with Gasteiger partial charge in [0.1, 0.15) is 6.72 Å². The van der Waals surface area contributed by atoms with E-state index in [0.717, 1.165) is 0 Å². The van der Waals surface area contributed by atoms with Gasteiger partial charge in [0.25, 0.3) is 0 Å². The first-order valence-corrected chi connectivity index (χ1v) is 1.62. The van der Waals surface area contributed by atoms with Gasteiger partial charge in [-0.1, -0.05) is 9.98 Å². The lowest BCUT2D eigenvalue weighted by molar-refractivity contribution is -0.00000159. The standard InChI is InChI=1S/C4H6N3.BrH/c1-5-4(6-2)7-3;/h1-3H2;1H/q+1;/p-1. The lowest BCUT2D eigenvalue weighted by Gasteiger charge is -1.59. The third-order valence-corrected chi connectivity index (χ3v) is 0.424. The summed E-state index contributed by atoms with van der Waals surface area (Å²) in [6, 6.07) is 0. The second-order valence-electron chi connectivity index (χ2n) is 0.774. The highest BCUT2D eigenvalue weighted by molar-refractivity contribution is 5.87. The molecule has 0 fully saturated rings. The van der Waals surface area contributed by atoms with Gasteiger partial charge in [-0.15, -0.1) is 0 Å². The lowest BCUT2D eigenvalue weighted by atomic mass is 11.0. The van der Waals surface area contributed by atoms with Gasteiger partial charge in [0.2, 0.25) is 0 Å². The van der Waals surface area contributed by atoms with Crippen LogP contribution in [0.4, 0.5) is 0 Å². The highest BCUT2D eigenvalue weighted by Crippen LogP contribution is 1.65. The van der Waals surface area contributed by atoms with Gasteiger partial charge < -0.3 is 17.0 Å². The van der Waals surface area contributed by atoms with Gasteiger partial charge in [0.15, 0.2) is 0 Å². The second kappa shape index (κ2) is 6.27. The maximum Gasteiger partial charge on any atom is 0.519 e. The van der Waals surface area contributed by atoms with Crippen LogP contribution in [0.2, 0.25) is 0 Å². The number of halogens is 1. The number of hydrogen-bond donors (Lipinski definition) is 0. The summed E-state index contributed by atoms with van der Waals surface area (Å²) in [6.45, 7) is 9.44. The Labute approximate surface area is 58.4 Å². The maximum absolute atomic E-state index is 3.33. The zero-order valence-corrected chi connectivity index (χ0v) is 5.93. The number of aliphatic imine (C=N–C) groups is 2. The molecule has 0 rings (SSSR count). The fourth-order valence-corrected chi connectivity index (χ4v) is 0.150. The van der Waals surface area contributed by atoms with E-state index in [1.165, 1.54) is 0 Å². The highest BCUT2D eigenvalue weighted by Gasteiger charge is 1.94. The molecule has 0 aliphatic rings. The van der Waals surface area contributed by atoms with Gasteiger partial charge >= 0.3 is 5.96 Å². The molecule has 0 aromatic carbocycles. The van der Waals surface area contributed by atoms with Crippen LogP contribution in [0.3, 0.4) is 0 Å². The maximum atomic E-state index is 3.33. The van der Waals surface area contributed by atoms with Crippen molar-refractivity contribution in [1.29, 1.82) is 0 Å². The summed E-state index contributed by atoms with van der Waals surface area (Å²) in [5, 5.41) is 0. The zero-order valence-electron chi connectivity index (χ0n) is 4.34. The molecule has 0 spiro atoms. The first kappa shape index (κ1) is 10.3. The minimum atomic E-state index is 0. The van der Waals surface area contributed by atoms with E-state index in [2.05, 4.69) is 34.8 Å². The van der Waals surface area contributed by atoms with E-state index in [9.17, 15) is 0 Å². The molecule has 8 heavy (non-hydrogen) atoms.